The third kappa shape index (κ3) is 5.59. The summed E-state index contributed by atoms with van der Waals surface area (Å²) in [6.45, 7) is 9.29. The molecule has 2 N–H and O–H groups in total. The standard InChI is InChI=1S/C27H34N4O4/c1-5-35-26(32)24-23(28-27(33)29-25(24)20-9-11-22(34-4)12-10-20)17-30-13-14-31(19(3)16-30)21-8-6-7-18(2)15-21/h6-12,15,19,25H,5,13-14,16-17H2,1-4H3,(H2,28,29,33)/t19-,25+/m1/s1. The molecule has 0 unspecified atom stereocenters. The van der Waals surface area contributed by atoms with Gasteiger partial charge in [0.2, 0.25) is 0 Å². The van der Waals surface area contributed by atoms with Gasteiger partial charge in [-0.1, -0.05) is 24.3 Å². The molecular weight excluding hydrogens is 444 g/mol. The molecule has 2 aliphatic rings. The lowest BCUT2D eigenvalue weighted by atomic mass is 9.94. The van der Waals surface area contributed by atoms with E-state index in [2.05, 4.69) is 58.5 Å². The fourth-order valence-electron chi connectivity index (χ4n) is 4.83. The summed E-state index contributed by atoms with van der Waals surface area (Å²) in [5, 5.41) is 5.78. The van der Waals surface area contributed by atoms with Crippen LogP contribution in [0, 0.1) is 6.92 Å². The van der Waals surface area contributed by atoms with Crippen molar-refractivity contribution in [3.63, 3.8) is 0 Å². The molecule has 0 bridgehead atoms. The first kappa shape index (κ1) is 24.6. The van der Waals surface area contributed by atoms with Crippen molar-refractivity contribution in [1.29, 1.82) is 0 Å². The van der Waals surface area contributed by atoms with Crippen LogP contribution in [0.4, 0.5) is 10.5 Å². The number of rotatable bonds is 7. The van der Waals surface area contributed by atoms with Gasteiger partial charge in [0, 0.05) is 43.6 Å². The van der Waals surface area contributed by atoms with Gasteiger partial charge in [-0.2, -0.15) is 0 Å². The molecule has 35 heavy (non-hydrogen) atoms. The van der Waals surface area contributed by atoms with Crippen molar-refractivity contribution in [2.45, 2.75) is 32.9 Å². The van der Waals surface area contributed by atoms with E-state index in [9.17, 15) is 9.59 Å². The maximum atomic E-state index is 13.1. The zero-order chi connectivity index (χ0) is 24.9. The lowest BCUT2D eigenvalue weighted by Gasteiger charge is -2.42. The summed E-state index contributed by atoms with van der Waals surface area (Å²) in [6, 6.07) is 15.2. The lowest BCUT2D eigenvalue weighted by molar-refractivity contribution is -0.139. The number of nitrogens with zero attached hydrogens (tertiary/aromatic N) is 2. The van der Waals surface area contributed by atoms with Gasteiger partial charge >= 0.3 is 12.0 Å². The third-order valence-corrected chi connectivity index (χ3v) is 6.52. The Bertz CT molecular complexity index is 1100. The maximum Gasteiger partial charge on any atom is 0.338 e. The average Bonchev–Trinajstić information content (AvgIpc) is 2.84. The summed E-state index contributed by atoms with van der Waals surface area (Å²) in [6.07, 6.45) is 0. The largest absolute Gasteiger partial charge is 0.497 e. The highest BCUT2D eigenvalue weighted by Gasteiger charge is 2.35. The number of hydrogen-bond acceptors (Lipinski definition) is 6. The number of esters is 1. The molecule has 8 nitrogen and oxygen atoms in total. The van der Waals surface area contributed by atoms with Crippen LogP contribution in [0.2, 0.25) is 0 Å². The van der Waals surface area contributed by atoms with E-state index in [0.717, 1.165) is 25.2 Å². The van der Waals surface area contributed by atoms with E-state index in [1.807, 2.05) is 24.3 Å². The van der Waals surface area contributed by atoms with Gasteiger partial charge in [-0.25, -0.2) is 9.59 Å². The minimum atomic E-state index is -0.602. The van der Waals surface area contributed by atoms with Gasteiger partial charge in [0.1, 0.15) is 5.75 Å². The highest BCUT2D eigenvalue weighted by atomic mass is 16.5. The normalized spacial score (nSPS) is 20.8. The van der Waals surface area contributed by atoms with Crippen LogP contribution in [0.15, 0.2) is 59.8 Å². The fraction of sp³-hybridized carbons (Fsp3) is 0.407. The predicted octanol–water partition coefficient (Wildman–Crippen LogP) is 3.39. The van der Waals surface area contributed by atoms with Gasteiger partial charge < -0.3 is 25.0 Å². The molecule has 0 aliphatic carbocycles. The number of amides is 2. The van der Waals surface area contributed by atoms with E-state index in [0.29, 0.717) is 23.6 Å². The van der Waals surface area contributed by atoms with Gasteiger partial charge in [0.25, 0.3) is 0 Å². The molecule has 8 heteroatoms. The molecule has 2 atom stereocenters. The van der Waals surface area contributed by atoms with Gasteiger partial charge in [-0.3, -0.25) is 4.90 Å². The van der Waals surface area contributed by atoms with E-state index in [-0.39, 0.29) is 18.7 Å². The molecule has 0 aromatic heterocycles. The summed E-state index contributed by atoms with van der Waals surface area (Å²) in [5.74, 6) is 0.277. The Kier molecular flexibility index (Phi) is 7.60. The van der Waals surface area contributed by atoms with Crippen LogP contribution < -0.4 is 20.3 Å². The van der Waals surface area contributed by atoms with E-state index < -0.39 is 12.0 Å². The molecule has 0 saturated carbocycles. The van der Waals surface area contributed by atoms with Crippen molar-refractivity contribution in [1.82, 2.24) is 15.5 Å². The maximum absolute atomic E-state index is 13.1. The van der Waals surface area contributed by atoms with Gasteiger partial charge in [-0.15, -0.1) is 0 Å². The molecule has 2 aliphatic heterocycles. The van der Waals surface area contributed by atoms with Crippen LogP contribution in [0.3, 0.4) is 0 Å². The Balaban J connectivity index is 1.58. The van der Waals surface area contributed by atoms with Crippen LogP contribution in [0.1, 0.15) is 31.0 Å². The second kappa shape index (κ2) is 10.8. The molecule has 1 saturated heterocycles. The molecule has 1 fully saturated rings. The molecule has 4 rings (SSSR count). The van der Waals surface area contributed by atoms with Crippen molar-refractivity contribution < 1.29 is 19.1 Å². The zero-order valence-electron chi connectivity index (χ0n) is 20.8. The second-order valence-electron chi connectivity index (χ2n) is 9.03. The first-order chi connectivity index (χ1) is 16.9. The van der Waals surface area contributed by atoms with Crippen molar-refractivity contribution in [3.05, 3.63) is 70.9 Å². The van der Waals surface area contributed by atoms with Crippen molar-refractivity contribution >= 4 is 17.7 Å². The molecule has 2 aromatic rings. The monoisotopic (exact) mass is 478 g/mol. The molecular formula is C27H34N4O4. The van der Waals surface area contributed by atoms with Crippen molar-refractivity contribution in [2.24, 2.45) is 0 Å². The highest BCUT2D eigenvalue weighted by molar-refractivity contribution is 5.95. The van der Waals surface area contributed by atoms with Gasteiger partial charge in [0.05, 0.1) is 25.3 Å². The van der Waals surface area contributed by atoms with Crippen LogP contribution in [-0.4, -0.2) is 62.8 Å². The summed E-state index contributed by atoms with van der Waals surface area (Å²) in [4.78, 5) is 30.4. The van der Waals surface area contributed by atoms with E-state index in [4.69, 9.17) is 9.47 Å². The van der Waals surface area contributed by atoms with Crippen LogP contribution in [0.25, 0.3) is 0 Å². The summed E-state index contributed by atoms with van der Waals surface area (Å²) >= 11 is 0. The third-order valence-electron chi connectivity index (χ3n) is 6.52. The summed E-state index contributed by atoms with van der Waals surface area (Å²) in [7, 11) is 1.60. The van der Waals surface area contributed by atoms with Crippen LogP contribution in [0.5, 0.6) is 5.75 Å². The number of hydrogen-bond donors (Lipinski definition) is 2. The molecule has 2 amide bonds. The van der Waals surface area contributed by atoms with E-state index in [1.54, 1.807) is 14.0 Å². The predicted molar refractivity (Wildman–Crippen MR) is 135 cm³/mol. The Labute approximate surface area is 206 Å². The SMILES string of the molecule is CCOC(=O)C1=C(CN2CCN(c3cccc(C)c3)[C@H](C)C2)NC(=O)N[C@H]1c1ccc(OC)cc1. The quantitative estimate of drug-likeness (QED) is 0.594. The lowest BCUT2D eigenvalue weighted by Crippen LogP contribution is -2.54. The van der Waals surface area contributed by atoms with E-state index in [1.165, 1.54) is 11.3 Å². The highest BCUT2D eigenvalue weighted by Crippen LogP contribution is 2.30. The van der Waals surface area contributed by atoms with Crippen LogP contribution >= 0.6 is 0 Å². The minimum Gasteiger partial charge on any atom is -0.497 e. The number of nitrogens with one attached hydrogen (secondary N) is 2. The number of aryl methyl sites for hydroxylation is 1. The Morgan fingerprint density at radius 1 is 1.14 bits per heavy atom. The molecule has 2 aromatic carbocycles. The van der Waals surface area contributed by atoms with E-state index >= 15 is 0 Å². The smallest absolute Gasteiger partial charge is 0.338 e. The fourth-order valence-corrected chi connectivity index (χ4v) is 4.83. The molecule has 2 heterocycles. The van der Waals surface area contributed by atoms with Gasteiger partial charge in [0.15, 0.2) is 0 Å². The summed E-state index contributed by atoms with van der Waals surface area (Å²) in [5.41, 5.74) is 4.27. The summed E-state index contributed by atoms with van der Waals surface area (Å²) < 4.78 is 10.7. The van der Waals surface area contributed by atoms with Crippen molar-refractivity contribution in [2.75, 3.05) is 44.8 Å². The van der Waals surface area contributed by atoms with Crippen molar-refractivity contribution in [3.8, 4) is 5.75 Å². The molecule has 0 spiro atoms. The number of benzene rings is 2. The number of anilines is 1. The van der Waals surface area contributed by atoms with Crippen LogP contribution in [-0.2, 0) is 9.53 Å². The zero-order valence-corrected chi connectivity index (χ0v) is 20.8. The second-order valence-corrected chi connectivity index (χ2v) is 9.03. The number of piperazine rings is 1. The number of carbonyl (C=O) groups is 2. The minimum absolute atomic E-state index is 0.255. The first-order valence-electron chi connectivity index (χ1n) is 12.1. The van der Waals surface area contributed by atoms with Gasteiger partial charge in [-0.05, 0) is 56.2 Å². The number of urea groups is 1. The Morgan fingerprint density at radius 2 is 1.91 bits per heavy atom. The number of carbonyl (C=O) groups excluding carboxylic acids is 2. The molecule has 0 radical (unpaired) electrons. The number of methoxy groups -OCH3 is 1. The average molecular weight is 479 g/mol. The first-order valence-corrected chi connectivity index (χ1v) is 12.1. The Morgan fingerprint density at radius 3 is 2.57 bits per heavy atom. The number of ether oxygens (including phenoxy) is 2. The Hall–Kier alpha value is -3.52. The molecule has 186 valence electrons. The topological polar surface area (TPSA) is 83.1 Å².